The lowest BCUT2D eigenvalue weighted by molar-refractivity contribution is 0.152. The largest absolute Gasteiger partial charge is 0.392 e. The maximum Gasteiger partial charge on any atom is 0.129 e. The van der Waals surface area contributed by atoms with Crippen LogP contribution in [0.2, 0.25) is 19.6 Å². The van der Waals surface area contributed by atoms with Gasteiger partial charge in [0.15, 0.2) is 0 Å². The molecule has 1 nitrogen and oxygen atoms in total. The van der Waals surface area contributed by atoms with E-state index in [1.165, 1.54) is 4.90 Å². The minimum Gasteiger partial charge on any atom is -0.392 e. The lowest BCUT2D eigenvalue weighted by Crippen LogP contribution is -2.24. The highest BCUT2D eigenvalue weighted by atomic mass is 32.2. The minimum absolute atomic E-state index is 0.0769. The second kappa shape index (κ2) is 7.04. The predicted molar refractivity (Wildman–Crippen MR) is 95.2 cm³/mol. The molecular formula is C18H26OSSi. The Hall–Kier alpha value is -0.693. The zero-order chi connectivity index (χ0) is 15.3. The molecule has 2 rings (SSSR count). The topological polar surface area (TPSA) is 20.2 Å². The van der Waals surface area contributed by atoms with E-state index in [9.17, 15) is 5.11 Å². The van der Waals surface area contributed by atoms with Gasteiger partial charge in [-0.2, -0.15) is 0 Å². The van der Waals surface area contributed by atoms with Gasteiger partial charge in [-0.3, -0.25) is 0 Å². The summed E-state index contributed by atoms with van der Waals surface area (Å²) in [5.41, 5.74) is 3.39. The van der Waals surface area contributed by atoms with Crippen molar-refractivity contribution in [2.75, 3.05) is 0 Å². The van der Waals surface area contributed by atoms with Crippen molar-refractivity contribution in [2.45, 2.75) is 67.5 Å². The summed E-state index contributed by atoms with van der Waals surface area (Å²) in [6, 6.07) is 10.4. The molecule has 0 amide bonds. The van der Waals surface area contributed by atoms with E-state index in [2.05, 4.69) is 55.4 Å². The zero-order valence-corrected chi connectivity index (χ0v) is 15.2. The van der Waals surface area contributed by atoms with Crippen LogP contribution in [0.15, 0.2) is 35.2 Å². The summed E-state index contributed by atoms with van der Waals surface area (Å²) in [5.74, 6) is 3.30. The monoisotopic (exact) mass is 318 g/mol. The molecule has 1 fully saturated rings. The number of hydrogen-bond donors (Lipinski definition) is 1. The van der Waals surface area contributed by atoms with E-state index in [-0.39, 0.29) is 10.9 Å². The lowest BCUT2D eigenvalue weighted by atomic mass is 10.1. The van der Waals surface area contributed by atoms with Gasteiger partial charge in [-0.1, -0.05) is 37.8 Å². The first-order valence-corrected chi connectivity index (χ1v) is 12.2. The van der Waals surface area contributed by atoms with Gasteiger partial charge in [0.25, 0.3) is 0 Å². The van der Waals surface area contributed by atoms with Crippen molar-refractivity contribution in [3.63, 3.8) is 0 Å². The molecule has 1 N–H and O–H groups in total. The van der Waals surface area contributed by atoms with E-state index in [0.717, 1.165) is 32.1 Å². The SMILES string of the molecule is C[Si](C)(C)C#CCCCC(O)C1(Sc2ccccc2)CC1. The van der Waals surface area contributed by atoms with Crippen molar-refractivity contribution in [1.29, 1.82) is 0 Å². The first-order valence-electron chi connectivity index (χ1n) is 7.83. The van der Waals surface area contributed by atoms with Crippen molar-refractivity contribution >= 4 is 19.8 Å². The summed E-state index contributed by atoms with van der Waals surface area (Å²) in [6.45, 7) is 6.81. The van der Waals surface area contributed by atoms with Crippen molar-refractivity contribution in [3.05, 3.63) is 30.3 Å². The number of benzene rings is 1. The highest BCUT2D eigenvalue weighted by Crippen LogP contribution is 2.54. The fourth-order valence-electron chi connectivity index (χ4n) is 2.32. The van der Waals surface area contributed by atoms with Crippen LogP contribution in [0.4, 0.5) is 0 Å². The Balaban J connectivity index is 1.78. The number of aliphatic hydroxyl groups is 1. The minimum atomic E-state index is -1.24. The van der Waals surface area contributed by atoms with Gasteiger partial charge >= 0.3 is 0 Å². The van der Waals surface area contributed by atoms with E-state index in [1.54, 1.807) is 0 Å². The second-order valence-corrected chi connectivity index (χ2v) is 13.2. The maximum atomic E-state index is 10.5. The molecule has 114 valence electrons. The van der Waals surface area contributed by atoms with Gasteiger partial charge in [-0.05, 0) is 37.8 Å². The smallest absolute Gasteiger partial charge is 0.129 e. The summed E-state index contributed by atoms with van der Waals surface area (Å²) in [6.07, 6.45) is 4.88. The molecule has 0 saturated heterocycles. The Morgan fingerprint density at radius 2 is 1.90 bits per heavy atom. The quantitative estimate of drug-likeness (QED) is 0.465. The summed E-state index contributed by atoms with van der Waals surface area (Å²) >= 11 is 1.85. The molecule has 1 aliphatic carbocycles. The van der Waals surface area contributed by atoms with Crippen LogP contribution in [-0.2, 0) is 0 Å². The normalized spacial score (nSPS) is 17.7. The molecule has 1 aromatic rings. The number of unbranched alkanes of at least 4 members (excludes halogenated alkanes) is 1. The molecule has 0 spiro atoms. The van der Waals surface area contributed by atoms with Crippen LogP contribution in [0.3, 0.4) is 0 Å². The van der Waals surface area contributed by atoms with Crippen molar-refractivity contribution < 1.29 is 5.11 Å². The molecule has 0 aromatic heterocycles. The van der Waals surface area contributed by atoms with Crippen molar-refractivity contribution in [3.8, 4) is 11.5 Å². The zero-order valence-electron chi connectivity index (χ0n) is 13.4. The average molecular weight is 319 g/mol. The maximum absolute atomic E-state index is 10.5. The van der Waals surface area contributed by atoms with E-state index in [0.29, 0.717) is 0 Å². The van der Waals surface area contributed by atoms with Gasteiger partial charge in [-0.15, -0.1) is 23.2 Å². The van der Waals surface area contributed by atoms with E-state index < -0.39 is 8.07 Å². The fraction of sp³-hybridized carbons (Fsp3) is 0.556. The van der Waals surface area contributed by atoms with Gasteiger partial charge in [-0.25, -0.2) is 0 Å². The van der Waals surface area contributed by atoms with Crippen LogP contribution in [0, 0.1) is 11.5 Å². The van der Waals surface area contributed by atoms with Crippen LogP contribution in [-0.4, -0.2) is 24.0 Å². The molecule has 0 bridgehead atoms. The molecule has 1 aromatic carbocycles. The summed E-state index contributed by atoms with van der Waals surface area (Å²) in [5, 5.41) is 10.5. The molecular weight excluding hydrogens is 292 g/mol. The number of rotatable bonds is 6. The van der Waals surface area contributed by atoms with Gasteiger partial charge in [0.1, 0.15) is 8.07 Å². The third-order valence-corrected chi connectivity index (χ3v) is 6.18. The van der Waals surface area contributed by atoms with Gasteiger partial charge in [0, 0.05) is 16.1 Å². The van der Waals surface area contributed by atoms with Gasteiger partial charge in [0.2, 0.25) is 0 Å². The average Bonchev–Trinajstić information content (AvgIpc) is 3.19. The van der Waals surface area contributed by atoms with E-state index >= 15 is 0 Å². The molecule has 1 aliphatic rings. The molecule has 0 heterocycles. The molecule has 21 heavy (non-hydrogen) atoms. The molecule has 0 radical (unpaired) electrons. The Kier molecular flexibility index (Phi) is 5.59. The van der Waals surface area contributed by atoms with Crippen LogP contribution in [0.25, 0.3) is 0 Å². The fourth-order valence-corrected chi connectivity index (χ4v) is 4.30. The molecule has 1 atom stereocenters. The first-order chi connectivity index (χ1) is 9.91. The Morgan fingerprint density at radius 1 is 1.24 bits per heavy atom. The van der Waals surface area contributed by atoms with E-state index in [4.69, 9.17) is 0 Å². The number of aliphatic hydroxyl groups excluding tert-OH is 1. The third kappa shape index (κ3) is 5.54. The first kappa shape index (κ1) is 16.7. The highest BCUT2D eigenvalue weighted by Gasteiger charge is 2.49. The summed E-state index contributed by atoms with van der Waals surface area (Å²) in [7, 11) is -1.24. The molecule has 0 aliphatic heterocycles. The Morgan fingerprint density at radius 3 is 2.48 bits per heavy atom. The van der Waals surface area contributed by atoms with E-state index in [1.807, 2.05) is 17.8 Å². The Labute approximate surface area is 134 Å². The third-order valence-electron chi connectivity index (χ3n) is 3.66. The summed E-state index contributed by atoms with van der Waals surface area (Å²) < 4.78 is 0.0769. The molecule has 1 unspecified atom stereocenters. The summed E-state index contributed by atoms with van der Waals surface area (Å²) in [4.78, 5) is 1.27. The van der Waals surface area contributed by atoms with Gasteiger partial charge < -0.3 is 5.11 Å². The van der Waals surface area contributed by atoms with Gasteiger partial charge in [0.05, 0.1) is 6.10 Å². The molecule has 3 heteroatoms. The number of thioether (sulfide) groups is 1. The number of hydrogen-bond acceptors (Lipinski definition) is 2. The van der Waals surface area contributed by atoms with Crippen LogP contribution in [0.5, 0.6) is 0 Å². The Bertz CT molecular complexity index is 506. The van der Waals surface area contributed by atoms with Crippen molar-refractivity contribution in [2.24, 2.45) is 0 Å². The lowest BCUT2D eigenvalue weighted by Gasteiger charge is -2.21. The van der Waals surface area contributed by atoms with Crippen molar-refractivity contribution in [1.82, 2.24) is 0 Å². The second-order valence-electron chi connectivity index (χ2n) is 6.94. The van der Waals surface area contributed by atoms with Crippen LogP contribution >= 0.6 is 11.8 Å². The van der Waals surface area contributed by atoms with Crippen LogP contribution < -0.4 is 0 Å². The predicted octanol–water partition coefficient (Wildman–Crippen LogP) is 4.72. The molecule has 1 saturated carbocycles. The standard InChI is InChI=1S/C18H26OSSi/c1-21(2,3)15-9-5-8-12-17(19)18(13-14-18)20-16-10-6-4-7-11-16/h4,6-7,10-11,17,19H,5,8,12-14H2,1-3H3. The van der Waals surface area contributed by atoms with Crippen LogP contribution in [0.1, 0.15) is 32.1 Å². The highest BCUT2D eigenvalue weighted by molar-refractivity contribution is 8.01.